The topological polar surface area (TPSA) is 72.2 Å². The molecule has 106 valence electrons. The van der Waals surface area contributed by atoms with E-state index in [-0.39, 0.29) is 20.6 Å². The molecule has 0 radical (unpaired) electrons. The van der Waals surface area contributed by atoms with Gasteiger partial charge < -0.3 is 5.73 Å². The highest BCUT2D eigenvalue weighted by atomic mass is 79.9. The molecule has 0 spiro atoms. The molecule has 4 nitrogen and oxygen atoms in total. The number of nitrogens with two attached hydrogens (primary N) is 1. The first-order valence-electron chi connectivity index (χ1n) is 5.32. The van der Waals surface area contributed by atoms with Crippen molar-refractivity contribution in [3.63, 3.8) is 0 Å². The minimum Gasteiger partial charge on any atom is -0.398 e. The molecule has 0 aliphatic rings. The zero-order valence-corrected chi connectivity index (χ0v) is 13.8. The van der Waals surface area contributed by atoms with Crippen LogP contribution in [0.1, 0.15) is 0 Å². The van der Waals surface area contributed by atoms with Crippen molar-refractivity contribution in [2.24, 2.45) is 0 Å². The Morgan fingerprint density at radius 2 is 1.70 bits per heavy atom. The maximum atomic E-state index is 12.3. The summed E-state index contributed by atoms with van der Waals surface area (Å²) in [6, 6.07) is 9.32. The molecule has 0 atom stereocenters. The molecule has 0 bridgehead atoms. The van der Waals surface area contributed by atoms with E-state index in [9.17, 15) is 8.42 Å². The summed E-state index contributed by atoms with van der Waals surface area (Å²) in [7, 11) is -3.89. The van der Waals surface area contributed by atoms with Gasteiger partial charge in [0.2, 0.25) is 0 Å². The van der Waals surface area contributed by atoms with Crippen LogP contribution in [-0.2, 0) is 10.0 Å². The van der Waals surface area contributed by atoms with E-state index in [1.807, 2.05) is 0 Å². The van der Waals surface area contributed by atoms with E-state index in [2.05, 4.69) is 20.7 Å². The van der Waals surface area contributed by atoms with Gasteiger partial charge in [-0.2, -0.15) is 0 Å². The van der Waals surface area contributed by atoms with E-state index in [0.29, 0.717) is 5.69 Å². The Morgan fingerprint density at radius 1 is 1.10 bits per heavy atom. The summed E-state index contributed by atoms with van der Waals surface area (Å²) >= 11 is 15.0. The normalized spacial score (nSPS) is 11.3. The second-order valence-corrected chi connectivity index (χ2v) is 7.30. The summed E-state index contributed by atoms with van der Waals surface area (Å²) in [5, 5.41) is 0.245. The lowest BCUT2D eigenvalue weighted by Crippen LogP contribution is -2.15. The lowest BCUT2D eigenvalue weighted by atomic mass is 10.3. The van der Waals surface area contributed by atoms with Crippen LogP contribution >= 0.6 is 39.1 Å². The summed E-state index contributed by atoms with van der Waals surface area (Å²) in [6.45, 7) is 0. The highest BCUT2D eigenvalue weighted by Gasteiger charge is 2.22. The van der Waals surface area contributed by atoms with Crippen LogP contribution in [0, 0.1) is 0 Å². The molecule has 0 heterocycles. The molecule has 2 aromatic rings. The van der Waals surface area contributed by atoms with Crippen LogP contribution < -0.4 is 10.5 Å². The largest absolute Gasteiger partial charge is 0.398 e. The third-order valence-electron chi connectivity index (χ3n) is 2.40. The number of halogens is 3. The Bertz CT molecular complexity index is 726. The molecule has 0 aromatic heterocycles. The Morgan fingerprint density at radius 3 is 2.25 bits per heavy atom. The maximum Gasteiger partial charge on any atom is 0.265 e. The van der Waals surface area contributed by atoms with Crippen molar-refractivity contribution in [3.05, 3.63) is 50.9 Å². The average molecular weight is 396 g/mol. The summed E-state index contributed by atoms with van der Waals surface area (Å²) in [4.78, 5) is -0.188. The first-order chi connectivity index (χ1) is 9.29. The van der Waals surface area contributed by atoms with Gasteiger partial charge in [0.15, 0.2) is 0 Å². The summed E-state index contributed by atoms with van der Waals surface area (Å²) in [5.41, 5.74) is 6.08. The first-order valence-corrected chi connectivity index (χ1v) is 8.36. The Labute approximate surface area is 135 Å². The summed E-state index contributed by atoms with van der Waals surface area (Å²) in [6.07, 6.45) is 0. The Hall–Kier alpha value is -0.950. The van der Waals surface area contributed by atoms with Crippen molar-refractivity contribution in [2.45, 2.75) is 4.90 Å². The molecule has 0 saturated carbocycles. The van der Waals surface area contributed by atoms with Crippen LogP contribution in [0.3, 0.4) is 0 Å². The van der Waals surface area contributed by atoms with E-state index in [0.717, 1.165) is 4.47 Å². The van der Waals surface area contributed by atoms with Crippen molar-refractivity contribution in [3.8, 4) is 0 Å². The number of hydrogen-bond acceptors (Lipinski definition) is 3. The minimum absolute atomic E-state index is 0.00730. The van der Waals surface area contributed by atoms with Crippen LogP contribution in [0.4, 0.5) is 11.4 Å². The molecule has 0 aliphatic heterocycles. The average Bonchev–Trinajstić information content (AvgIpc) is 2.30. The van der Waals surface area contributed by atoms with E-state index in [1.165, 1.54) is 12.1 Å². The third kappa shape index (κ3) is 3.38. The molecule has 2 aromatic carbocycles. The monoisotopic (exact) mass is 394 g/mol. The molecule has 3 N–H and O–H groups in total. The molecule has 0 amide bonds. The van der Waals surface area contributed by atoms with Gasteiger partial charge in [-0.05, 0) is 36.4 Å². The Kier molecular flexibility index (Phi) is 4.49. The van der Waals surface area contributed by atoms with Gasteiger partial charge in [-0.25, -0.2) is 8.42 Å². The van der Waals surface area contributed by atoms with E-state index < -0.39 is 10.0 Å². The third-order valence-corrected chi connectivity index (χ3v) is 5.06. The maximum absolute atomic E-state index is 12.3. The molecule has 0 fully saturated rings. The molecule has 20 heavy (non-hydrogen) atoms. The summed E-state index contributed by atoms with van der Waals surface area (Å²) in [5.74, 6) is 0. The van der Waals surface area contributed by atoms with Gasteiger partial charge in [-0.3, -0.25) is 4.72 Å². The quantitative estimate of drug-likeness (QED) is 0.767. The van der Waals surface area contributed by atoms with Gasteiger partial charge in [0.1, 0.15) is 4.90 Å². The predicted octanol–water partition coefficient (Wildman–Crippen LogP) is 4.14. The van der Waals surface area contributed by atoms with Crippen LogP contribution in [0.5, 0.6) is 0 Å². The number of anilines is 2. The number of benzene rings is 2. The fraction of sp³-hybridized carbons (Fsp3) is 0. The molecule has 8 heteroatoms. The molecule has 0 unspecified atom stereocenters. The second kappa shape index (κ2) is 5.81. The SMILES string of the molecule is Nc1cc(Cl)cc(Cl)c1S(=O)(=O)Nc1ccc(Br)cc1. The molecular weight excluding hydrogens is 387 g/mol. The zero-order chi connectivity index (χ0) is 14.9. The highest BCUT2D eigenvalue weighted by molar-refractivity contribution is 9.10. The molecule has 0 aliphatic carbocycles. The van der Waals surface area contributed by atoms with Crippen molar-refractivity contribution in [2.75, 3.05) is 10.5 Å². The standard InChI is InChI=1S/C12H9BrCl2N2O2S/c13-7-1-3-9(4-2-7)17-20(18,19)12-10(15)5-8(14)6-11(12)16/h1-6,17H,16H2. The lowest BCUT2D eigenvalue weighted by molar-refractivity contribution is 0.601. The van der Waals surface area contributed by atoms with E-state index in [4.69, 9.17) is 28.9 Å². The van der Waals surface area contributed by atoms with E-state index in [1.54, 1.807) is 24.3 Å². The molecule has 2 rings (SSSR count). The van der Waals surface area contributed by atoms with Gasteiger partial charge in [-0.1, -0.05) is 39.1 Å². The van der Waals surface area contributed by atoms with Crippen molar-refractivity contribution < 1.29 is 8.42 Å². The van der Waals surface area contributed by atoms with Crippen LogP contribution in [0.2, 0.25) is 10.0 Å². The highest BCUT2D eigenvalue weighted by Crippen LogP contribution is 2.32. The van der Waals surface area contributed by atoms with Gasteiger partial charge in [0.05, 0.1) is 10.7 Å². The fourth-order valence-corrected chi connectivity index (χ4v) is 3.90. The van der Waals surface area contributed by atoms with Gasteiger partial charge >= 0.3 is 0 Å². The minimum atomic E-state index is -3.89. The fourth-order valence-electron chi connectivity index (χ4n) is 1.59. The number of rotatable bonds is 3. The first kappa shape index (κ1) is 15.4. The van der Waals surface area contributed by atoms with Crippen LogP contribution in [-0.4, -0.2) is 8.42 Å². The number of hydrogen-bond donors (Lipinski definition) is 2. The number of nitrogen functional groups attached to an aromatic ring is 1. The van der Waals surface area contributed by atoms with E-state index >= 15 is 0 Å². The second-order valence-electron chi connectivity index (χ2n) is 3.92. The lowest BCUT2D eigenvalue weighted by Gasteiger charge is -2.12. The van der Waals surface area contributed by atoms with Crippen molar-refractivity contribution in [1.82, 2.24) is 0 Å². The number of nitrogens with one attached hydrogen (secondary N) is 1. The number of sulfonamides is 1. The van der Waals surface area contributed by atoms with Gasteiger partial charge in [-0.15, -0.1) is 0 Å². The van der Waals surface area contributed by atoms with Gasteiger partial charge in [0, 0.05) is 15.2 Å². The Balaban J connectivity index is 2.43. The summed E-state index contributed by atoms with van der Waals surface area (Å²) < 4.78 is 27.9. The predicted molar refractivity (Wildman–Crippen MR) is 85.8 cm³/mol. The van der Waals surface area contributed by atoms with Crippen LogP contribution in [0.25, 0.3) is 0 Å². The van der Waals surface area contributed by atoms with Crippen molar-refractivity contribution >= 4 is 60.5 Å². The smallest absolute Gasteiger partial charge is 0.265 e. The van der Waals surface area contributed by atoms with Crippen LogP contribution in [0.15, 0.2) is 45.8 Å². The van der Waals surface area contributed by atoms with Gasteiger partial charge in [0.25, 0.3) is 10.0 Å². The van der Waals surface area contributed by atoms with Crippen molar-refractivity contribution in [1.29, 1.82) is 0 Å². The molecule has 0 saturated heterocycles. The molecular formula is C12H9BrCl2N2O2S. The zero-order valence-electron chi connectivity index (χ0n) is 9.90.